The van der Waals surface area contributed by atoms with Crippen LogP contribution in [0.5, 0.6) is 0 Å². The lowest BCUT2D eigenvalue weighted by atomic mass is 10.2. The summed E-state index contributed by atoms with van der Waals surface area (Å²) in [4.78, 5) is 0.267. The van der Waals surface area contributed by atoms with Gasteiger partial charge >= 0.3 is 0 Å². The van der Waals surface area contributed by atoms with Crippen molar-refractivity contribution in [3.8, 4) is 0 Å². The zero-order valence-corrected chi connectivity index (χ0v) is 13.6. The Bertz CT molecular complexity index is 995. The fourth-order valence-electron chi connectivity index (χ4n) is 2.17. The van der Waals surface area contributed by atoms with Gasteiger partial charge in [-0.3, -0.25) is 0 Å². The third-order valence-corrected chi connectivity index (χ3v) is 6.09. The molecule has 0 saturated heterocycles. The number of nitrogens with one attached hydrogen (secondary N) is 2. The predicted octanol–water partition coefficient (Wildman–Crippen LogP) is 1.16. The molecule has 0 bridgehead atoms. The second-order valence-corrected chi connectivity index (χ2v) is 8.23. The van der Waals surface area contributed by atoms with Crippen molar-refractivity contribution in [1.29, 1.82) is 0 Å². The van der Waals surface area contributed by atoms with Crippen LogP contribution in [-0.4, -0.2) is 29.7 Å². The van der Waals surface area contributed by atoms with Crippen LogP contribution in [0.25, 0.3) is 0 Å². The van der Waals surface area contributed by atoms with Crippen LogP contribution in [-0.2, 0) is 20.0 Å². The van der Waals surface area contributed by atoms with E-state index in [1.54, 1.807) is 30.3 Å². The monoisotopic (exact) mass is 351 g/mol. The number of fused-ring (bicyclic) bond motifs is 1. The molecule has 3 rings (SSSR count). The minimum absolute atomic E-state index is 0.118. The van der Waals surface area contributed by atoms with E-state index in [0.717, 1.165) is 0 Å². The Morgan fingerprint density at radius 3 is 2.30 bits per heavy atom. The number of rotatable bonds is 3. The first-order valence-electron chi connectivity index (χ1n) is 6.58. The molecule has 1 aliphatic heterocycles. The molecule has 0 amide bonds. The molecule has 1 aliphatic rings. The van der Waals surface area contributed by atoms with Crippen molar-refractivity contribution >= 4 is 31.6 Å². The molecule has 0 atom stereocenters. The third-order valence-electron chi connectivity index (χ3n) is 3.33. The maximum Gasteiger partial charge on any atom is 0.285 e. The van der Waals surface area contributed by atoms with Gasteiger partial charge in [-0.2, -0.15) is 8.42 Å². The standard InChI is InChI=1S/C14H13N3O4S2/c1-15-22(18,19)11-8-6-10(7-9-11)16-14-12-4-2-3-5-13(12)23(20,21)17-14/h2-9,15H,1H3,(H,16,17). The third kappa shape index (κ3) is 2.85. The molecule has 2 aromatic carbocycles. The van der Waals surface area contributed by atoms with E-state index in [1.165, 1.54) is 25.2 Å². The lowest BCUT2D eigenvalue weighted by Gasteiger charge is -2.08. The summed E-state index contributed by atoms with van der Waals surface area (Å²) < 4.78 is 53.2. The molecule has 0 fully saturated rings. The van der Waals surface area contributed by atoms with Gasteiger partial charge in [0.1, 0.15) is 4.90 Å². The predicted molar refractivity (Wildman–Crippen MR) is 86.5 cm³/mol. The maximum atomic E-state index is 12.0. The van der Waals surface area contributed by atoms with E-state index in [2.05, 4.69) is 14.4 Å². The van der Waals surface area contributed by atoms with Gasteiger partial charge in [0.15, 0.2) is 5.84 Å². The van der Waals surface area contributed by atoms with Crippen LogP contribution in [0, 0.1) is 0 Å². The van der Waals surface area contributed by atoms with Gasteiger partial charge in [-0.15, -0.1) is 4.40 Å². The summed E-state index contributed by atoms with van der Waals surface area (Å²) in [6.07, 6.45) is 0. The number of benzene rings is 2. The molecule has 2 aromatic rings. The van der Waals surface area contributed by atoms with E-state index < -0.39 is 20.0 Å². The molecule has 0 unspecified atom stereocenters. The van der Waals surface area contributed by atoms with Crippen molar-refractivity contribution in [3.05, 3.63) is 54.1 Å². The molecule has 7 nitrogen and oxygen atoms in total. The summed E-state index contributed by atoms with van der Waals surface area (Å²) in [6, 6.07) is 12.4. The Hall–Kier alpha value is -2.23. The zero-order valence-electron chi connectivity index (χ0n) is 12.0. The molecule has 120 valence electrons. The Balaban J connectivity index is 1.92. The number of hydrogen-bond acceptors (Lipinski definition) is 5. The molecule has 0 spiro atoms. The summed E-state index contributed by atoms with van der Waals surface area (Å²) in [5.41, 5.74) is 1.02. The lowest BCUT2D eigenvalue weighted by molar-refractivity contribution is 0.588. The van der Waals surface area contributed by atoms with Crippen molar-refractivity contribution in [2.75, 3.05) is 12.4 Å². The normalized spacial score (nSPS) is 15.8. The fraction of sp³-hybridized carbons (Fsp3) is 0.0714. The number of anilines is 1. The summed E-state index contributed by atoms with van der Waals surface area (Å²) >= 11 is 0. The number of nitrogens with zero attached hydrogens (tertiary/aromatic N) is 1. The van der Waals surface area contributed by atoms with Gasteiger partial charge in [0.05, 0.1) is 4.90 Å². The molecule has 9 heteroatoms. The quantitative estimate of drug-likeness (QED) is 0.863. The Morgan fingerprint density at radius 2 is 1.65 bits per heavy atom. The first-order chi connectivity index (χ1) is 10.8. The van der Waals surface area contributed by atoms with Gasteiger partial charge in [0.2, 0.25) is 10.0 Å². The molecule has 0 aromatic heterocycles. The molecule has 0 aliphatic carbocycles. The molecule has 23 heavy (non-hydrogen) atoms. The van der Waals surface area contributed by atoms with Gasteiger partial charge in [-0.05, 0) is 43.4 Å². The van der Waals surface area contributed by atoms with Crippen molar-refractivity contribution in [1.82, 2.24) is 4.72 Å². The van der Waals surface area contributed by atoms with Gasteiger partial charge in [0.25, 0.3) is 10.0 Å². The molecular weight excluding hydrogens is 338 g/mol. The van der Waals surface area contributed by atoms with Crippen LogP contribution in [0.1, 0.15) is 5.56 Å². The number of amidine groups is 1. The summed E-state index contributed by atoms with van der Waals surface area (Å²) in [7, 11) is -5.87. The fourth-order valence-corrected chi connectivity index (χ4v) is 4.07. The van der Waals surface area contributed by atoms with Crippen molar-refractivity contribution in [2.45, 2.75) is 9.79 Å². The van der Waals surface area contributed by atoms with Gasteiger partial charge in [-0.25, -0.2) is 13.1 Å². The topological polar surface area (TPSA) is 105 Å². The molecule has 0 saturated carbocycles. The average molecular weight is 351 g/mol. The minimum atomic E-state index is -3.69. The second kappa shape index (κ2) is 5.44. The van der Waals surface area contributed by atoms with Crippen LogP contribution in [0.2, 0.25) is 0 Å². The summed E-state index contributed by atoms with van der Waals surface area (Å²) in [5.74, 6) is 0.213. The van der Waals surface area contributed by atoms with Crippen LogP contribution >= 0.6 is 0 Å². The van der Waals surface area contributed by atoms with E-state index >= 15 is 0 Å². The van der Waals surface area contributed by atoms with E-state index in [-0.39, 0.29) is 15.6 Å². The highest BCUT2D eigenvalue weighted by molar-refractivity contribution is 7.90. The van der Waals surface area contributed by atoms with Crippen LogP contribution < -0.4 is 10.0 Å². The van der Waals surface area contributed by atoms with Crippen molar-refractivity contribution in [3.63, 3.8) is 0 Å². The zero-order chi connectivity index (χ0) is 16.7. The van der Waals surface area contributed by atoms with Crippen molar-refractivity contribution < 1.29 is 16.8 Å². The minimum Gasteiger partial charge on any atom is -0.339 e. The molecule has 1 heterocycles. The summed E-state index contributed by atoms with van der Waals surface area (Å²) in [5, 5.41) is 2.90. The average Bonchev–Trinajstić information content (AvgIpc) is 2.79. The van der Waals surface area contributed by atoms with E-state index in [4.69, 9.17) is 0 Å². The first kappa shape index (κ1) is 15.7. The molecule has 0 radical (unpaired) electrons. The van der Waals surface area contributed by atoms with Gasteiger partial charge in [0, 0.05) is 11.3 Å². The van der Waals surface area contributed by atoms with Crippen LogP contribution in [0.4, 0.5) is 5.69 Å². The van der Waals surface area contributed by atoms with Crippen LogP contribution in [0.15, 0.2) is 62.7 Å². The van der Waals surface area contributed by atoms with Crippen molar-refractivity contribution in [2.24, 2.45) is 4.40 Å². The highest BCUT2D eigenvalue weighted by atomic mass is 32.2. The largest absolute Gasteiger partial charge is 0.339 e. The molecule has 2 N–H and O–H groups in total. The smallest absolute Gasteiger partial charge is 0.285 e. The number of sulfonamides is 2. The Kier molecular flexibility index (Phi) is 3.71. The van der Waals surface area contributed by atoms with Gasteiger partial charge in [-0.1, -0.05) is 12.1 Å². The maximum absolute atomic E-state index is 12.0. The first-order valence-corrected chi connectivity index (χ1v) is 9.51. The molecular formula is C14H13N3O4S2. The van der Waals surface area contributed by atoms with E-state index in [1.807, 2.05) is 0 Å². The lowest BCUT2D eigenvalue weighted by Crippen LogP contribution is -2.18. The highest BCUT2D eigenvalue weighted by Gasteiger charge is 2.28. The Labute approximate surface area is 134 Å². The second-order valence-electron chi connectivity index (χ2n) is 4.77. The van der Waals surface area contributed by atoms with Gasteiger partial charge < -0.3 is 5.32 Å². The van der Waals surface area contributed by atoms with Crippen LogP contribution in [0.3, 0.4) is 0 Å². The highest BCUT2D eigenvalue weighted by Crippen LogP contribution is 2.26. The summed E-state index contributed by atoms with van der Waals surface area (Å²) in [6.45, 7) is 0. The van der Waals surface area contributed by atoms with E-state index in [9.17, 15) is 16.8 Å². The SMILES string of the molecule is CNS(=O)(=O)c1ccc(NC2=NS(=O)(=O)c3ccccc32)cc1. The Morgan fingerprint density at radius 1 is 1.00 bits per heavy atom. The van der Waals surface area contributed by atoms with E-state index in [0.29, 0.717) is 11.3 Å². The number of hydrogen-bond donors (Lipinski definition) is 2.